The van der Waals surface area contributed by atoms with E-state index in [-0.39, 0.29) is 23.7 Å². The number of pyridine rings is 1. The topological polar surface area (TPSA) is 122 Å². The van der Waals surface area contributed by atoms with Gasteiger partial charge in [0.25, 0.3) is 5.91 Å². The Morgan fingerprint density at radius 2 is 2.09 bits per heavy atom. The number of carbonyl (C=O) groups is 1. The molecule has 2 N–H and O–H groups in total. The number of rotatable bonds is 4. The lowest BCUT2D eigenvalue weighted by atomic mass is 9.92. The van der Waals surface area contributed by atoms with Crippen molar-refractivity contribution < 1.29 is 9.90 Å². The van der Waals surface area contributed by atoms with Crippen molar-refractivity contribution in [3.05, 3.63) is 60.0 Å². The van der Waals surface area contributed by atoms with E-state index >= 15 is 0 Å². The van der Waals surface area contributed by atoms with Crippen molar-refractivity contribution in [3.8, 4) is 17.3 Å². The molecule has 5 rings (SSSR count). The molecule has 1 saturated carbocycles. The summed E-state index contributed by atoms with van der Waals surface area (Å²) in [7, 11) is 1.79. The van der Waals surface area contributed by atoms with E-state index in [0.717, 1.165) is 30.3 Å². The maximum atomic E-state index is 13.3. The van der Waals surface area contributed by atoms with Crippen LogP contribution in [-0.4, -0.2) is 41.4 Å². The Kier molecular flexibility index (Phi) is 5.36. The van der Waals surface area contributed by atoms with Crippen molar-refractivity contribution in [1.29, 1.82) is 5.26 Å². The van der Waals surface area contributed by atoms with Crippen LogP contribution in [-0.2, 0) is 7.05 Å². The average molecular weight is 441 g/mol. The minimum Gasteiger partial charge on any atom is -0.393 e. The van der Waals surface area contributed by atoms with Crippen LogP contribution in [0.2, 0.25) is 0 Å². The molecule has 0 spiro atoms. The van der Waals surface area contributed by atoms with Crippen LogP contribution in [0.1, 0.15) is 47.8 Å². The monoisotopic (exact) mass is 441 g/mol. The number of hydrogen-bond donors (Lipinski definition) is 2. The zero-order valence-corrected chi connectivity index (χ0v) is 18.1. The smallest absolute Gasteiger partial charge is 0.258 e. The first kappa shape index (κ1) is 20.8. The second-order valence-corrected chi connectivity index (χ2v) is 8.36. The summed E-state index contributed by atoms with van der Waals surface area (Å²) in [5.74, 6) is 0.0468. The van der Waals surface area contributed by atoms with Gasteiger partial charge in [-0.25, -0.2) is 9.97 Å². The average Bonchev–Trinajstić information content (AvgIpc) is 3.41. The minimum absolute atomic E-state index is 0.0366. The molecule has 166 valence electrons. The highest BCUT2D eigenvalue weighted by molar-refractivity contribution is 6.04. The predicted octanol–water partition coefficient (Wildman–Crippen LogP) is 3.43. The number of aryl methyl sites for hydroxylation is 1. The van der Waals surface area contributed by atoms with Crippen LogP contribution in [0.3, 0.4) is 0 Å². The number of imidazole rings is 1. The van der Waals surface area contributed by atoms with Crippen molar-refractivity contribution in [3.63, 3.8) is 0 Å². The summed E-state index contributed by atoms with van der Waals surface area (Å²) in [4.78, 5) is 22.3. The number of hydrogen-bond acceptors (Lipinski definition) is 6. The van der Waals surface area contributed by atoms with Crippen molar-refractivity contribution in [1.82, 2.24) is 24.3 Å². The van der Waals surface area contributed by atoms with Crippen LogP contribution in [0.25, 0.3) is 22.3 Å². The first-order valence-electron chi connectivity index (χ1n) is 10.9. The molecule has 1 aliphatic carbocycles. The molecule has 0 bridgehead atoms. The van der Waals surface area contributed by atoms with Gasteiger partial charge in [0.2, 0.25) is 5.95 Å². The highest BCUT2D eigenvalue weighted by Crippen LogP contribution is 2.34. The molecule has 1 aromatic carbocycles. The maximum Gasteiger partial charge on any atom is 0.258 e. The number of nitriles is 1. The molecular weight excluding hydrogens is 418 g/mol. The SMILES string of the molecule is Cn1cc(-c2cc(C(=O)Nc3nc4ccccc4n3[C@H]3CCC[C@H](O)C3)cc(C#N)n2)cn1. The van der Waals surface area contributed by atoms with Gasteiger partial charge in [0.1, 0.15) is 11.8 Å². The highest BCUT2D eigenvalue weighted by Gasteiger charge is 2.26. The largest absolute Gasteiger partial charge is 0.393 e. The Balaban J connectivity index is 1.52. The van der Waals surface area contributed by atoms with Crippen molar-refractivity contribution in [2.75, 3.05) is 5.32 Å². The Morgan fingerprint density at radius 1 is 1.24 bits per heavy atom. The molecule has 0 radical (unpaired) electrons. The molecule has 1 fully saturated rings. The van der Waals surface area contributed by atoms with Crippen LogP contribution < -0.4 is 5.32 Å². The van der Waals surface area contributed by atoms with E-state index in [9.17, 15) is 15.2 Å². The van der Waals surface area contributed by atoms with Crippen LogP contribution in [0.5, 0.6) is 0 Å². The second kappa shape index (κ2) is 8.48. The van der Waals surface area contributed by atoms with Gasteiger partial charge in [0, 0.05) is 30.4 Å². The Hall–Kier alpha value is -4.03. The van der Waals surface area contributed by atoms with Gasteiger partial charge in [-0.1, -0.05) is 12.1 Å². The highest BCUT2D eigenvalue weighted by atomic mass is 16.3. The molecule has 0 unspecified atom stereocenters. The van der Waals surface area contributed by atoms with Gasteiger partial charge in [-0.2, -0.15) is 10.4 Å². The first-order valence-corrected chi connectivity index (χ1v) is 10.9. The summed E-state index contributed by atoms with van der Waals surface area (Å²) in [6.45, 7) is 0. The molecule has 9 heteroatoms. The fraction of sp³-hybridized carbons (Fsp3) is 0.292. The van der Waals surface area contributed by atoms with Gasteiger partial charge >= 0.3 is 0 Å². The van der Waals surface area contributed by atoms with Gasteiger partial charge in [-0.3, -0.25) is 14.8 Å². The van der Waals surface area contributed by atoms with Crippen LogP contribution in [0, 0.1) is 11.3 Å². The van der Waals surface area contributed by atoms with Gasteiger partial charge in [-0.15, -0.1) is 0 Å². The van der Waals surface area contributed by atoms with Crippen molar-refractivity contribution in [2.24, 2.45) is 7.05 Å². The molecule has 0 aliphatic heterocycles. The molecule has 1 aliphatic rings. The molecule has 4 aromatic rings. The number of anilines is 1. The Morgan fingerprint density at radius 3 is 2.85 bits per heavy atom. The van der Waals surface area contributed by atoms with Crippen molar-refractivity contribution in [2.45, 2.75) is 37.8 Å². The van der Waals surface area contributed by atoms with Gasteiger partial charge in [0.15, 0.2) is 0 Å². The lowest BCUT2D eigenvalue weighted by molar-refractivity contribution is 0.101. The molecular formula is C24H23N7O2. The van der Waals surface area contributed by atoms with Crippen LogP contribution >= 0.6 is 0 Å². The number of amides is 1. The summed E-state index contributed by atoms with van der Waals surface area (Å²) in [5.41, 5.74) is 3.35. The predicted molar refractivity (Wildman–Crippen MR) is 122 cm³/mol. The number of aromatic nitrogens is 5. The molecule has 0 saturated heterocycles. The third kappa shape index (κ3) is 4.08. The summed E-state index contributed by atoms with van der Waals surface area (Å²) in [5, 5.41) is 26.8. The van der Waals surface area contributed by atoms with Crippen LogP contribution in [0.15, 0.2) is 48.8 Å². The lowest BCUT2D eigenvalue weighted by Gasteiger charge is -2.28. The van der Waals surface area contributed by atoms with E-state index in [1.165, 1.54) is 6.07 Å². The molecule has 2 atom stereocenters. The standard InChI is InChI=1S/C24H23N7O2/c1-30-14-16(13-26-30)21-10-15(9-17(12-25)27-21)23(33)29-24-28-20-7-2-3-8-22(20)31(24)18-5-4-6-19(32)11-18/h2-3,7-10,13-14,18-19,32H,4-6,11H2,1H3,(H,28,29,33)/t18-,19-/m0/s1. The molecule has 33 heavy (non-hydrogen) atoms. The van der Waals surface area contributed by atoms with E-state index in [1.807, 2.05) is 34.9 Å². The van der Waals surface area contributed by atoms with E-state index < -0.39 is 0 Å². The van der Waals surface area contributed by atoms with Gasteiger partial charge in [-0.05, 0) is 49.9 Å². The third-order valence-electron chi connectivity index (χ3n) is 6.01. The number of para-hydroxylation sites is 2. The fourth-order valence-electron chi connectivity index (χ4n) is 4.47. The third-order valence-corrected chi connectivity index (χ3v) is 6.01. The lowest BCUT2D eigenvalue weighted by Crippen LogP contribution is -2.25. The fourth-order valence-corrected chi connectivity index (χ4v) is 4.47. The summed E-state index contributed by atoms with van der Waals surface area (Å²) in [6, 6.07) is 12.9. The number of aliphatic hydroxyl groups excluding tert-OH is 1. The summed E-state index contributed by atoms with van der Waals surface area (Å²) >= 11 is 0. The normalized spacial score (nSPS) is 18.2. The summed E-state index contributed by atoms with van der Waals surface area (Å²) in [6.07, 6.45) is 6.26. The first-order chi connectivity index (χ1) is 16.0. The van der Waals surface area contributed by atoms with E-state index in [0.29, 0.717) is 29.2 Å². The Labute approximate surface area is 190 Å². The van der Waals surface area contributed by atoms with E-state index in [2.05, 4.69) is 20.4 Å². The van der Waals surface area contributed by atoms with Gasteiger partial charge in [0.05, 0.1) is 29.0 Å². The number of aliphatic hydroxyl groups is 1. The van der Waals surface area contributed by atoms with E-state index in [1.54, 1.807) is 30.2 Å². The quantitative estimate of drug-likeness (QED) is 0.500. The number of fused-ring (bicyclic) bond motifs is 1. The van der Waals surface area contributed by atoms with Crippen molar-refractivity contribution >= 4 is 22.9 Å². The number of benzene rings is 1. The minimum atomic E-state index is -0.382. The van der Waals surface area contributed by atoms with E-state index in [4.69, 9.17) is 0 Å². The van der Waals surface area contributed by atoms with Crippen LogP contribution in [0.4, 0.5) is 5.95 Å². The zero-order valence-electron chi connectivity index (χ0n) is 18.1. The zero-order chi connectivity index (χ0) is 22.9. The number of nitrogens with one attached hydrogen (secondary N) is 1. The number of carbonyl (C=O) groups excluding carboxylic acids is 1. The summed E-state index contributed by atoms with van der Waals surface area (Å²) < 4.78 is 3.65. The van der Waals surface area contributed by atoms with Gasteiger partial charge < -0.3 is 9.67 Å². The Bertz CT molecular complexity index is 1380. The molecule has 3 heterocycles. The molecule has 3 aromatic heterocycles. The second-order valence-electron chi connectivity index (χ2n) is 8.36. The maximum absolute atomic E-state index is 13.3. The number of nitrogens with zero attached hydrogens (tertiary/aromatic N) is 6. The molecule has 9 nitrogen and oxygen atoms in total. The molecule has 1 amide bonds.